The number of aromatic nitrogens is 2. The molecule has 114 valence electrons. The van der Waals surface area contributed by atoms with E-state index in [1.54, 1.807) is 11.8 Å². The average Bonchev–Trinajstić information content (AvgIpc) is 2.66. The molecule has 21 heavy (non-hydrogen) atoms. The smallest absolute Gasteiger partial charge is 0.122 e. The molecular weight excluding hydrogens is 278 g/mol. The molecule has 0 saturated carbocycles. The predicted octanol–water partition coefficient (Wildman–Crippen LogP) is 4.57. The highest BCUT2D eigenvalue weighted by Gasteiger charge is 2.17. The second-order valence-corrected chi connectivity index (χ2v) is 7.82. The van der Waals surface area contributed by atoms with Gasteiger partial charge in [0.05, 0.1) is 11.4 Å². The van der Waals surface area contributed by atoms with Gasteiger partial charge in [-0.3, -0.25) is 4.68 Å². The van der Waals surface area contributed by atoms with Gasteiger partial charge in [-0.25, -0.2) is 0 Å². The maximum atomic E-state index is 6.25. The first-order valence-electron chi connectivity index (χ1n) is 7.31. The molecule has 2 aromatic rings. The normalized spacial score (nSPS) is 12.1. The summed E-state index contributed by atoms with van der Waals surface area (Å²) in [5.74, 6) is 0.341. The van der Waals surface area contributed by atoms with Crippen molar-refractivity contribution >= 4 is 17.4 Å². The lowest BCUT2D eigenvalue weighted by atomic mass is 9.87. The first kappa shape index (κ1) is 16.0. The first-order valence-corrected chi connectivity index (χ1v) is 8.12. The molecule has 0 amide bonds. The molecule has 2 rings (SSSR count). The molecule has 0 saturated heterocycles. The summed E-state index contributed by atoms with van der Waals surface area (Å²) in [7, 11) is 1.95. The Morgan fingerprint density at radius 2 is 1.71 bits per heavy atom. The van der Waals surface area contributed by atoms with Crippen LogP contribution in [0.1, 0.15) is 51.8 Å². The van der Waals surface area contributed by atoms with E-state index < -0.39 is 0 Å². The van der Waals surface area contributed by atoms with E-state index in [1.807, 2.05) is 11.7 Å². The summed E-state index contributed by atoms with van der Waals surface area (Å²) in [6, 6.07) is 8.70. The Balaban J connectivity index is 2.27. The molecule has 1 aromatic carbocycles. The van der Waals surface area contributed by atoms with E-state index in [2.05, 4.69) is 64.0 Å². The summed E-state index contributed by atoms with van der Waals surface area (Å²) < 4.78 is 1.88. The molecule has 3 nitrogen and oxygen atoms in total. The number of nitrogen functional groups attached to an aromatic ring is 1. The fourth-order valence-electron chi connectivity index (χ4n) is 2.23. The fourth-order valence-corrected chi connectivity index (χ4v) is 3.11. The lowest BCUT2D eigenvalue weighted by molar-refractivity contribution is 0.589. The Morgan fingerprint density at radius 3 is 2.14 bits per heavy atom. The molecule has 0 unspecified atom stereocenters. The standard InChI is InChI=1S/C17H25N3S/c1-11(2)15-14(18)16(20(6)19-15)21-13-9-7-12(8-10-13)17(3,4)5/h7-11H,18H2,1-6H3. The van der Waals surface area contributed by atoms with E-state index in [0.29, 0.717) is 5.92 Å². The molecule has 2 N–H and O–H groups in total. The third-order valence-corrected chi connectivity index (χ3v) is 4.73. The van der Waals surface area contributed by atoms with Gasteiger partial charge in [0.25, 0.3) is 0 Å². The van der Waals surface area contributed by atoms with Crippen molar-refractivity contribution < 1.29 is 0 Å². The molecule has 0 aliphatic rings. The molecule has 1 aromatic heterocycles. The zero-order valence-electron chi connectivity index (χ0n) is 13.8. The highest BCUT2D eigenvalue weighted by Crippen LogP contribution is 2.36. The van der Waals surface area contributed by atoms with Crippen LogP contribution in [0.15, 0.2) is 34.2 Å². The maximum Gasteiger partial charge on any atom is 0.122 e. The molecular formula is C17H25N3S. The van der Waals surface area contributed by atoms with Crippen LogP contribution in [0, 0.1) is 0 Å². The van der Waals surface area contributed by atoms with Crippen LogP contribution in [0.4, 0.5) is 5.69 Å². The monoisotopic (exact) mass is 303 g/mol. The molecule has 0 spiro atoms. The number of nitrogens with two attached hydrogens (primary N) is 1. The first-order chi connectivity index (χ1) is 9.70. The Bertz CT molecular complexity index is 619. The lowest BCUT2D eigenvalue weighted by Crippen LogP contribution is -2.10. The van der Waals surface area contributed by atoms with Gasteiger partial charge in [-0.2, -0.15) is 5.10 Å². The topological polar surface area (TPSA) is 43.8 Å². The van der Waals surface area contributed by atoms with Crippen LogP contribution in [0.5, 0.6) is 0 Å². The fraction of sp³-hybridized carbons (Fsp3) is 0.471. The van der Waals surface area contributed by atoms with E-state index in [-0.39, 0.29) is 5.41 Å². The number of nitrogens with zero attached hydrogens (tertiary/aromatic N) is 2. The number of anilines is 1. The minimum Gasteiger partial charge on any atom is -0.395 e. The molecule has 0 atom stereocenters. The lowest BCUT2D eigenvalue weighted by Gasteiger charge is -2.19. The van der Waals surface area contributed by atoms with Gasteiger partial charge >= 0.3 is 0 Å². The van der Waals surface area contributed by atoms with Crippen LogP contribution in [-0.4, -0.2) is 9.78 Å². The molecule has 1 heterocycles. The zero-order chi connectivity index (χ0) is 15.8. The number of hydrogen-bond donors (Lipinski definition) is 1. The van der Waals surface area contributed by atoms with Crippen molar-refractivity contribution in [1.29, 1.82) is 0 Å². The third kappa shape index (κ3) is 3.43. The van der Waals surface area contributed by atoms with Gasteiger partial charge in [0.15, 0.2) is 0 Å². The van der Waals surface area contributed by atoms with Gasteiger partial charge in [0.2, 0.25) is 0 Å². The second kappa shape index (κ2) is 5.76. The quantitative estimate of drug-likeness (QED) is 0.903. The van der Waals surface area contributed by atoms with Gasteiger partial charge in [0.1, 0.15) is 5.03 Å². The number of rotatable bonds is 3. The van der Waals surface area contributed by atoms with E-state index >= 15 is 0 Å². The molecule has 0 radical (unpaired) electrons. The Morgan fingerprint density at radius 1 is 1.14 bits per heavy atom. The van der Waals surface area contributed by atoms with E-state index in [9.17, 15) is 0 Å². The molecule has 0 aliphatic carbocycles. The highest BCUT2D eigenvalue weighted by molar-refractivity contribution is 7.99. The largest absolute Gasteiger partial charge is 0.395 e. The third-order valence-electron chi connectivity index (χ3n) is 3.54. The molecule has 0 fully saturated rings. The van der Waals surface area contributed by atoms with Crippen LogP contribution < -0.4 is 5.73 Å². The van der Waals surface area contributed by atoms with Crippen molar-refractivity contribution in [2.45, 2.75) is 55.9 Å². The van der Waals surface area contributed by atoms with Crippen LogP contribution >= 0.6 is 11.8 Å². The average molecular weight is 303 g/mol. The SMILES string of the molecule is CC(C)c1nn(C)c(Sc2ccc(C(C)(C)C)cc2)c1N. The summed E-state index contributed by atoms with van der Waals surface area (Å²) in [4.78, 5) is 1.19. The highest BCUT2D eigenvalue weighted by atomic mass is 32.2. The van der Waals surface area contributed by atoms with Gasteiger partial charge in [-0.05, 0) is 29.0 Å². The van der Waals surface area contributed by atoms with E-state index in [1.165, 1.54) is 10.5 Å². The number of hydrogen-bond acceptors (Lipinski definition) is 3. The van der Waals surface area contributed by atoms with Crippen molar-refractivity contribution in [3.8, 4) is 0 Å². The van der Waals surface area contributed by atoms with Gasteiger partial charge in [-0.1, -0.05) is 58.5 Å². The predicted molar refractivity (Wildman–Crippen MR) is 91.0 cm³/mol. The number of benzene rings is 1. The Labute approximate surface area is 131 Å². The van der Waals surface area contributed by atoms with Crippen molar-refractivity contribution in [2.24, 2.45) is 7.05 Å². The molecule has 4 heteroatoms. The number of aryl methyl sites for hydroxylation is 1. The van der Waals surface area contributed by atoms with E-state index in [4.69, 9.17) is 5.73 Å². The van der Waals surface area contributed by atoms with Crippen LogP contribution in [-0.2, 0) is 12.5 Å². The van der Waals surface area contributed by atoms with Crippen LogP contribution in [0.3, 0.4) is 0 Å². The van der Waals surface area contributed by atoms with Crippen molar-refractivity contribution in [3.05, 3.63) is 35.5 Å². The summed E-state index contributed by atoms with van der Waals surface area (Å²) in [5, 5.41) is 5.55. The molecule has 0 bridgehead atoms. The summed E-state index contributed by atoms with van der Waals surface area (Å²) in [6.45, 7) is 10.9. The van der Waals surface area contributed by atoms with Crippen molar-refractivity contribution in [2.75, 3.05) is 5.73 Å². The van der Waals surface area contributed by atoms with Crippen molar-refractivity contribution in [3.63, 3.8) is 0 Å². The minimum absolute atomic E-state index is 0.180. The summed E-state index contributed by atoms with van der Waals surface area (Å²) in [6.07, 6.45) is 0. The Hall–Kier alpha value is -1.42. The zero-order valence-corrected chi connectivity index (χ0v) is 14.6. The van der Waals surface area contributed by atoms with Crippen molar-refractivity contribution in [1.82, 2.24) is 9.78 Å². The van der Waals surface area contributed by atoms with Crippen LogP contribution in [0.25, 0.3) is 0 Å². The van der Waals surface area contributed by atoms with Crippen LogP contribution in [0.2, 0.25) is 0 Å². The summed E-state index contributed by atoms with van der Waals surface area (Å²) >= 11 is 1.67. The van der Waals surface area contributed by atoms with Gasteiger partial charge < -0.3 is 5.73 Å². The van der Waals surface area contributed by atoms with Gasteiger partial charge in [0, 0.05) is 11.9 Å². The Kier molecular flexibility index (Phi) is 4.38. The maximum absolute atomic E-state index is 6.25. The van der Waals surface area contributed by atoms with Gasteiger partial charge in [-0.15, -0.1) is 0 Å². The van der Waals surface area contributed by atoms with E-state index in [0.717, 1.165) is 16.4 Å². The molecule has 0 aliphatic heterocycles. The minimum atomic E-state index is 0.180. The summed E-state index contributed by atoms with van der Waals surface area (Å²) in [5.41, 5.74) is 9.55. The second-order valence-electron chi connectivity index (χ2n) is 6.76.